The van der Waals surface area contributed by atoms with Gasteiger partial charge in [0.05, 0.1) is 23.8 Å². The number of urea groups is 1. The molecule has 0 aliphatic carbocycles. The summed E-state index contributed by atoms with van der Waals surface area (Å²) in [6.45, 7) is 1.43. The summed E-state index contributed by atoms with van der Waals surface area (Å²) >= 11 is 0. The summed E-state index contributed by atoms with van der Waals surface area (Å²) in [5.41, 5.74) is 2.57. The molecule has 36 heavy (non-hydrogen) atoms. The Hall–Kier alpha value is -4.47. The molecule has 1 spiro atoms. The Kier molecular flexibility index (Phi) is 5.28. The molecule has 0 atom stereocenters. The van der Waals surface area contributed by atoms with Crippen molar-refractivity contribution < 1.29 is 19.1 Å². The number of carbonyl (C=O) groups is 3. The van der Waals surface area contributed by atoms with Crippen LogP contribution in [-0.2, 0) is 16.0 Å². The van der Waals surface area contributed by atoms with Crippen LogP contribution in [0.5, 0.6) is 11.6 Å². The number of benzene rings is 1. The minimum absolute atomic E-state index is 0.321. The van der Waals surface area contributed by atoms with E-state index in [1.807, 2.05) is 24.4 Å². The number of nitrogens with zero attached hydrogens (tertiary/aromatic N) is 4. The SMILES string of the molecule is O=C1NC(=O)C2(CCCN2c2ccc(Oc3ccc4c(c3)CCCN4c3cccnc3)nc2)C(=O)N1. The Morgan fingerprint density at radius 2 is 1.78 bits per heavy atom. The van der Waals surface area contributed by atoms with Crippen molar-refractivity contribution >= 4 is 34.9 Å². The van der Waals surface area contributed by atoms with E-state index in [9.17, 15) is 14.4 Å². The van der Waals surface area contributed by atoms with Gasteiger partial charge in [0.25, 0.3) is 11.8 Å². The van der Waals surface area contributed by atoms with Crippen LogP contribution in [0.3, 0.4) is 0 Å². The molecular weight excluding hydrogens is 460 g/mol. The van der Waals surface area contributed by atoms with E-state index in [2.05, 4.69) is 37.6 Å². The molecule has 0 bridgehead atoms. The molecule has 2 fully saturated rings. The van der Waals surface area contributed by atoms with Gasteiger partial charge in [0.1, 0.15) is 5.75 Å². The molecule has 3 aliphatic rings. The smallest absolute Gasteiger partial charge is 0.328 e. The number of rotatable bonds is 4. The first-order valence-corrected chi connectivity index (χ1v) is 11.9. The van der Waals surface area contributed by atoms with Crippen LogP contribution < -0.4 is 25.2 Å². The number of hydrogen-bond donors (Lipinski definition) is 2. The molecule has 1 aromatic carbocycles. The number of pyridine rings is 2. The van der Waals surface area contributed by atoms with Crippen LogP contribution >= 0.6 is 0 Å². The van der Waals surface area contributed by atoms with Gasteiger partial charge in [-0.3, -0.25) is 25.2 Å². The van der Waals surface area contributed by atoms with Gasteiger partial charge in [0.2, 0.25) is 5.88 Å². The van der Waals surface area contributed by atoms with Crippen molar-refractivity contribution in [3.8, 4) is 11.6 Å². The molecule has 10 nitrogen and oxygen atoms in total. The summed E-state index contributed by atoms with van der Waals surface area (Å²) in [5.74, 6) is -0.129. The maximum absolute atomic E-state index is 12.7. The minimum atomic E-state index is -1.45. The molecule has 2 aromatic heterocycles. The van der Waals surface area contributed by atoms with Gasteiger partial charge in [-0.15, -0.1) is 0 Å². The molecule has 3 aliphatic heterocycles. The first-order valence-electron chi connectivity index (χ1n) is 11.9. The number of carbonyl (C=O) groups excluding carboxylic acids is 3. The zero-order valence-electron chi connectivity index (χ0n) is 19.4. The van der Waals surface area contributed by atoms with E-state index in [1.54, 1.807) is 29.4 Å². The number of hydrogen-bond acceptors (Lipinski definition) is 8. The van der Waals surface area contributed by atoms with Crippen molar-refractivity contribution in [2.75, 3.05) is 22.9 Å². The predicted molar refractivity (Wildman–Crippen MR) is 131 cm³/mol. The molecule has 2 saturated heterocycles. The summed E-state index contributed by atoms with van der Waals surface area (Å²) < 4.78 is 6.03. The molecule has 3 aromatic rings. The second-order valence-electron chi connectivity index (χ2n) is 9.07. The summed E-state index contributed by atoms with van der Waals surface area (Å²) in [6.07, 6.45) is 8.17. The number of fused-ring (bicyclic) bond motifs is 1. The van der Waals surface area contributed by atoms with E-state index in [4.69, 9.17) is 4.74 Å². The Morgan fingerprint density at radius 3 is 2.53 bits per heavy atom. The molecule has 4 amide bonds. The molecule has 0 radical (unpaired) electrons. The number of nitrogens with one attached hydrogen (secondary N) is 2. The lowest BCUT2D eigenvalue weighted by Crippen LogP contribution is -2.71. The Labute approximate surface area is 207 Å². The van der Waals surface area contributed by atoms with Gasteiger partial charge in [-0.05, 0) is 67.6 Å². The number of barbiturate groups is 1. The molecule has 10 heteroatoms. The Balaban J connectivity index is 1.21. The fourth-order valence-corrected chi connectivity index (χ4v) is 5.32. The lowest BCUT2D eigenvalue weighted by Gasteiger charge is -2.38. The number of imide groups is 2. The van der Waals surface area contributed by atoms with Crippen molar-refractivity contribution in [2.45, 2.75) is 31.2 Å². The zero-order valence-corrected chi connectivity index (χ0v) is 19.4. The van der Waals surface area contributed by atoms with Gasteiger partial charge in [0.15, 0.2) is 5.54 Å². The number of amides is 4. The lowest BCUT2D eigenvalue weighted by atomic mass is 9.92. The first-order chi connectivity index (χ1) is 17.5. The van der Waals surface area contributed by atoms with Gasteiger partial charge in [-0.1, -0.05) is 0 Å². The van der Waals surface area contributed by atoms with Crippen LogP contribution in [0.25, 0.3) is 0 Å². The van der Waals surface area contributed by atoms with Crippen molar-refractivity contribution in [2.24, 2.45) is 0 Å². The molecule has 6 rings (SSSR count). The second kappa shape index (κ2) is 8.63. The highest BCUT2D eigenvalue weighted by molar-refractivity contribution is 6.24. The van der Waals surface area contributed by atoms with E-state index in [0.29, 0.717) is 36.7 Å². The van der Waals surface area contributed by atoms with E-state index in [1.165, 1.54) is 5.56 Å². The highest BCUT2D eigenvalue weighted by atomic mass is 16.5. The van der Waals surface area contributed by atoms with E-state index in [0.717, 1.165) is 30.8 Å². The fourth-order valence-electron chi connectivity index (χ4n) is 5.32. The third-order valence-electron chi connectivity index (χ3n) is 6.97. The monoisotopic (exact) mass is 484 g/mol. The van der Waals surface area contributed by atoms with Gasteiger partial charge in [0, 0.05) is 31.0 Å². The van der Waals surface area contributed by atoms with Gasteiger partial charge >= 0.3 is 6.03 Å². The van der Waals surface area contributed by atoms with E-state index >= 15 is 0 Å². The van der Waals surface area contributed by atoms with Crippen molar-refractivity contribution in [3.63, 3.8) is 0 Å². The average molecular weight is 485 g/mol. The Morgan fingerprint density at radius 1 is 0.917 bits per heavy atom. The minimum Gasteiger partial charge on any atom is -0.439 e. The molecule has 182 valence electrons. The summed E-state index contributed by atoms with van der Waals surface area (Å²) in [6, 6.07) is 12.7. The maximum Gasteiger partial charge on any atom is 0.328 e. The molecule has 0 unspecified atom stereocenters. The van der Waals surface area contributed by atoms with Crippen LogP contribution in [0, 0.1) is 0 Å². The lowest BCUT2D eigenvalue weighted by molar-refractivity contribution is -0.137. The number of anilines is 3. The van der Waals surface area contributed by atoms with Crippen molar-refractivity contribution in [3.05, 3.63) is 66.6 Å². The molecule has 2 N–H and O–H groups in total. The Bertz CT molecular complexity index is 1320. The van der Waals surface area contributed by atoms with Crippen LogP contribution in [-0.4, -0.2) is 46.4 Å². The largest absolute Gasteiger partial charge is 0.439 e. The highest BCUT2D eigenvalue weighted by Crippen LogP contribution is 2.38. The van der Waals surface area contributed by atoms with Crippen LogP contribution in [0.4, 0.5) is 21.9 Å². The third kappa shape index (κ3) is 3.62. The topological polar surface area (TPSA) is 117 Å². The second-order valence-corrected chi connectivity index (χ2v) is 9.07. The quantitative estimate of drug-likeness (QED) is 0.543. The van der Waals surface area contributed by atoms with Gasteiger partial charge in [-0.25, -0.2) is 9.78 Å². The van der Waals surface area contributed by atoms with Crippen LogP contribution in [0.15, 0.2) is 61.1 Å². The molecule has 0 saturated carbocycles. The number of aromatic nitrogens is 2. The summed E-state index contributed by atoms with van der Waals surface area (Å²) in [7, 11) is 0. The van der Waals surface area contributed by atoms with Crippen molar-refractivity contribution in [1.82, 2.24) is 20.6 Å². The highest BCUT2D eigenvalue weighted by Gasteiger charge is 2.57. The molecular formula is C26H24N6O4. The van der Waals surface area contributed by atoms with Gasteiger partial charge < -0.3 is 14.5 Å². The normalized spacial score (nSPS) is 18.6. The van der Waals surface area contributed by atoms with E-state index in [-0.39, 0.29) is 0 Å². The van der Waals surface area contributed by atoms with Gasteiger partial charge in [-0.2, -0.15) is 0 Å². The van der Waals surface area contributed by atoms with Crippen molar-refractivity contribution in [1.29, 1.82) is 0 Å². The number of ether oxygens (including phenoxy) is 1. The average Bonchev–Trinajstić information content (AvgIpc) is 3.34. The predicted octanol–water partition coefficient (Wildman–Crippen LogP) is 3.06. The van der Waals surface area contributed by atoms with E-state index < -0.39 is 23.4 Å². The first kappa shape index (κ1) is 22.0. The molecule has 5 heterocycles. The zero-order chi connectivity index (χ0) is 24.7. The summed E-state index contributed by atoms with van der Waals surface area (Å²) in [5, 5.41) is 4.44. The summed E-state index contributed by atoms with van der Waals surface area (Å²) in [4.78, 5) is 49.5. The van der Waals surface area contributed by atoms with Crippen LogP contribution in [0.2, 0.25) is 0 Å². The standard InChI is InChI=1S/C26H24N6O4/c33-23-26(24(34)30-25(35)29-23)10-3-13-32(26)19-6-9-22(28-16-19)36-20-7-8-21-17(14-20)4-2-12-31(21)18-5-1-11-27-15-18/h1,5-9,11,14-16H,2-4,10,12-13H2,(H2,29,30,33,34,35). The maximum atomic E-state index is 12.7. The van der Waals surface area contributed by atoms with Crippen LogP contribution in [0.1, 0.15) is 24.8 Å². The third-order valence-corrected chi connectivity index (χ3v) is 6.97. The number of aryl methyl sites for hydroxylation is 1. The fraction of sp³-hybridized carbons (Fsp3) is 0.269.